The monoisotopic (exact) mass is 337 g/mol. The first kappa shape index (κ1) is 17.3. The minimum Gasteiger partial charge on any atom is -0.495 e. The van der Waals surface area contributed by atoms with Crippen molar-refractivity contribution in [2.75, 3.05) is 18.7 Å². The molecule has 0 aliphatic rings. The first-order valence-corrected chi connectivity index (χ1v) is 9.02. The maximum absolute atomic E-state index is 13.9. The van der Waals surface area contributed by atoms with Crippen molar-refractivity contribution in [3.05, 3.63) is 53.3 Å². The zero-order valence-electron chi connectivity index (χ0n) is 13.6. The lowest BCUT2D eigenvalue weighted by atomic mass is 10.1. The predicted molar refractivity (Wildman–Crippen MR) is 89.3 cm³/mol. The van der Waals surface area contributed by atoms with E-state index >= 15 is 0 Å². The van der Waals surface area contributed by atoms with Crippen LogP contribution in [0, 0.1) is 12.7 Å². The summed E-state index contributed by atoms with van der Waals surface area (Å²) in [5.74, 6) is -0.0420. The van der Waals surface area contributed by atoms with Crippen LogP contribution in [0.4, 0.5) is 10.1 Å². The summed E-state index contributed by atoms with van der Waals surface area (Å²) < 4.78 is 42.5. The summed E-state index contributed by atoms with van der Waals surface area (Å²) >= 11 is 0. The lowest BCUT2D eigenvalue weighted by Gasteiger charge is -2.18. The smallest absolute Gasteiger partial charge is 0.179 e. The van der Waals surface area contributed by atoms with Gasteiger partial charge in [0.25, 0.3) is 0 Å². The SMILES string of the molecule is COc1cc(C(C)Nc2ccc(C)cc2F)ccc1S(C)(=O)=O. The molecule has 0 saturated carbocycles. The molecule has 23 heavy (non-hydrogen) atoms. The molecule has 124 valence electrons. The fraction of sp³-hybridized carbons (Fsp3) is 0.294. The van der Waals surface area contributed by atoms with Gasteiger partial charge in [0.1, 0.15) is 16.5 Å². The average Bonchev–Trinajstić information content (AvgIpc) is 2.48. The highest BCUT2D eigenvalue weighted by Crippen LogP contribution is 2.29. The van der Waals surface area contributed by atoms with Gasteiger partial charge in [0.05, 0.1) is 12.8 Å². The first-order valence-electron chi connectivity index (χ1n) is 7.13. The second-order valence-corrected chi connectivity index (χ2v) is 7.52. The molecule has 6 heteroatoms. The number of halogens is 1. The third-order valence-corrected chi connectivity index (χ3v) is 4.72. The molecular formula is C17H20FNO3S. The molecule has 0 saturated heterocycles. The minimum absolute atomic E-state index is 0.137. The van der Waals surface area contributed by atoms with E-state index in [-0.39, 0.29) is 22.5 Å². The van der Waals surface area contributed by atoms with Crippen molar-refractivity contribution < 1.29 is 17.5 Å². The Bertz CT molecular complexity index is 819. The van der Waals surface area contributed by atoms with Crippen molar-refractivity contribution >= 4 is 15.5 Å². The summed E-state index contributed by atoms with van der Waals surface area (Å²) in [7, 11) is -1.94. The topological polar surface area (TPSA) is 55.4 Å². The Balaban J connectivity index is 2.31. The highest BCUT2D eigenvalue weighted by molar-refractivity contribution is 7.90. The second-order valence-electron chi connectivity index (χ2n) is 5.53. The van der Waals surface area contributed by atoms with Crippen molar-refractivity contribution in [1.82, 2.24) is 0 Å². The Morgan fingerprint density at radius 3 is 2.43 bits per heavy atom. The molecule has 0 amide bonds. The molecule has 0 aliphatic heterocycles. The molecule has 1 N–H and O–H groups in total. The van der Waals surface area contributed by atoms with Gasteiger partial charge in [0, 0.05) is 12.3 Å². The molecular weight excluding hydrogens is 317 g/mol. The van der Waals surface area contributed by atoms with E-state index in [1.54, 1.807) is 18.2 Å². The summed E-state index contributed by atoms with van der Waals surface area (Å²) in [6, 6.07) is 9.61. The van der Waals surface area contributed by atoms with E-state index < -0.39 is 9.84 Å². The van der Waals surface area contributed by atoms with E-state index in [1.165, 1.54) is 19.2 Å². The van der Waals surface area contributed by atoms with Gasteiger partial charge in [-0.2, -0.15) is 0 Å². The molecule has 4 nitrogen and oxygen atoms in total. The highest BCUT2D eigenvalue weighted by Gasteiger charge is 2.17. The fourth-order valence-corrected chi connectivity index (χ4v) is 3.14. The number of anilines is 1. The Labute approximate surface area is 136 Å². The van der Waals surface area contributed by atoms with E-state index in [2.05, 4.69) is 5.32 Å². The van der Waals surface area contributed by atoms with Crippen LogP contribution in [-0.4, -0.2) is 21.8 Å². The number of ether oxygens (including phenoxy) is 1. The van der Waals surface area contributed by atoms with E-state index in [0.29, 0.717) is 5.69 Å². The third kappa shape index (κ3) is 4.01. The number of nitrogens with one attached hydrogen (secondary N) is 1. The number of hydrogen-bond donors (Lipinski definition) is 1. The molecule has 0 heterocycles. The Morgan fingerprint density at radius 2 is 1.87 bits per heavy atom. The van der Waals surface area contributed by atoms with Crippen molar-refractivity contribution in [2.45, 2.75) is 24.8 Å². The summed E-state index contributed by atoms with van der Waals surface area (Å²) in [6.07, 6.45) is 1.13. The molecule has 0 fully saturated rings. The number of methoxy groups -OCH3 is 1. The zero-order valence-corrected chi connectivity index (χ0v) is 14.4. The molecule has 1 unspecified atom stereocenters. The van der Waals surface area contributed by atoms with Gasteiger partial charge in [0.2, 0.25) is 0 Å². The molecule has 0 aliphatic carbocycles. The summed E-state index contributed by atoms with van der Waals surface area (Å²) in [6.45, 7) is 3.69. The van der Waals surface area contributed by atoms with Gasteiger partial charge in [-0.05, 0) is 49.2 Å². The first-order chi connectivity index (χ1) is 10.7. The van der Waals surface area contributed by atoms with Crippen LogP contribution in [0.2, 0.25) is 0 Å². The molecule has 0 radical (unpaired) electrons. The standard InChI is InChI=1S/C17H20FNO3S/c1-11-5-7-15(14(18)9-11)19-12(2)13-6-8-17(23(4,20)21)16(10-13)22-3/h5-10,12,19H,1-4H3. The maximum atomic E-state index is 13.9. The van der Waals surface area contributed by atoms with Crippen LogP contribution >= 0.6 is 0 Å². The summed E-state index contributed by atoms with van der Waals surface area (Å²) in [5, 5.41) is 3.08. The lowest BCUT2D eigenvalue weighted by Crippen LogP contribution is -2.09. The van der Waals surface area contributed by atoms with Crippen LogP contribution in [0.1, 0.15) is 24.1 Å². The summed E-state index contributed by atoms with van der Waals surface area (Å²) in [5.41, 5.74) is 2.04. The average molecular weight is 337 g/mol. The van der Waals surface area contributed by atoms with Gasteiger partial charge in [-0.1, -0.05) is 12.1 Å². The van der Waals surface area contributed by atoms with E-state index in [1.807, 2.05) is 19.9 Å². The van der Waals surface area contributed by atoms with Crippen LogP contribution in [-0.2, 0) is 9.84 Å². The molecule has 0 spiro atoms. The van der Waals surface area contributed by atoms with Gasteiger partial charge in [-0.25, -0.2) is 12.8 Å². The van der Waals surface area contributed by atoms with Crippen molar-refractivity contribution in [3.63, 3.8) is 0 Å². The van der Waals surface area contributed by atoms with E-state index in [9.17, 15) is 12.8 Å². The molecule has 1 atom stereocenters. The van der Waals surface area contributed by atoms with Crippen LogP contribution < -0.4 is 10.1 Å². The number of sulfone groups is 1. The van der Waals surface area contributed by atoms with Gasteiger partial charge >= 0.3 is 0 Å². The van der Waals surface area contributed by atoms with Crippen molar-refractivity contribution in [2.24, 2.45) is 0 Å². The molecule has 2 rings (SSSR count). The van der Waals surface area contributed by atoms with Crippen LogP contribution in [0.5, 0.6) is 5.75 Å². The normalized spacial score (nSPS) is 12.7. The zero-order chi connectivity index (χ0) is 17.2. The van der Waals surface area contributed by atoms with Gasteiger partial charge in [-0.3, -0.25) is 0 Å². The number of rotatable bonds is 5. The van der Waals surface area contributed by atoms with Crippen molar-refractivity contribution in [1.29, 1.82) is 0 Å². The summed E-state index contributed by atoms with van der Waals surface area (Å²) in [4.78, 5) is 0.137. The Morgan fingerprint density at radius 1 is 1.17 bits per heavy atom. The fourth-order valence-electron chi connectivity index (χ4n) is 2.31. The van der Waals surface area contributed by atoms with E-state index in [4.69, 9.17) is 4.74 Å². The van der Waals surface area contributed by atoms with Crippen molar-refractivity contribution in [3.8, 4) is 5.75 Å². The largest absolute Gasteiger partial charge is 0.495 e. The highest BCUT2D eigenvalue weighted by atomic mass is 32.2. The predicted octanol–water partition coefficient (Wildman–Crippen LogP) is 3.72. The van der Waals surface area contributed by atoms with Gasteiger partial charge < -0.3 is 10.1 Å². The van der Waals surface area contributed by atoms with Crippen LogP contribution in [0.15, 0.2) is 41.3 Å². The minimum atomic E-state index is -3.36. The second kappa shape index (κ2) is 6.58. The van der Waals surface area contributed by atoms with Crippen LogP contribution in [0.25, 0.3) is 0 Å². The number of hydrogen-bond acceptors (Lipinski definition) is 4. The Kier molecular flexibility index (Phi) is 4.94. The van der Waals surface area contributed by atoms with Gasteiger partial charge in [0.15, 0.2) is 9.84 Å². The Hall–Kier alpha value is -2.08. The molecule has 0 bridgehead atoms. The maximum Gasteiger partial charge on any atom is 0.179 e. The lowest BCUT2D eigenvalue weighted by molar-refractivity contribution is 0.402. The number of benzene rings is 2. The molecule has 2 aromatic carbocycles. The molecule has 2 aromatic rings. The number of aryl methyl sites for hydroxylation is 1. The third-order valence-electron chi connectivity index (χ3n) is 3.58. The molecule has 0 aromatic heterocycles. The van der Waals surface area contributed by atoms with Gasteiger partial charge in [-0.15, -0.1) is 0 Å². The van der Waals surface area contributed by atoms with Crippen LogP contribution in [0.3, 0.4) is 0 Å². The quantitative estimate of drug-likeness (QED) is 0.903. The van der Waals surface area contributed by atoms with E-state index in [0.717, 1.165) is 17.4 Å².